The molecule has 3 N–H and O–H groups in total. The molecular weight excluding hydrogens is 262 g/mol. The highest BCUT2D eigenvalue weighted by atomic mass is 32.1. The van der Waals surface area contributed by atoms with E-state index in [0.29, 0.717) is 17.2 Å². The van der Waals surface area contributed by atoms with Gasteiger partial charge in [0, 0.05) is 38.9 Å². The summed E-state index contributed by atoms with van der Waals surface area (Å²) >= 11 is 4.90. The molecule has 2 rings (SSSR count). The van der Waals surface area contributed by atoms with Crippen molar-refractivity contribution in [3.8, 4) is 0 Å². The summed E-state index contributed by atoms with van der Waals surface area (Å²) in [4.78, 5) is 14.8. The Morgan fingerprint density at radius 1 is 1.58 bits per heavy atom. The Bertz CT molecular complexity index is 464. The minimum atomic E-state index is -0.0622. The number of nitrogens with zero attached hydrogens (tertiary/aromatic N) is 3. The van der Waals surface area contributed by atoms with Crippen molar-refractivity contribution in [1.29, 1.82) is 0 Å². The van der Waals surface area contributed by atoms with Crippen molar-refractivity contribution in [3.63, 3.8) is 0 Å². The van der Waals surface area contributed by atoms with Crippen molar-refractivity contribution in [2.24, 2.45) is 12.8 Å². The Hall–Kier alpha value is -1.47. The number of aromatic nitrogens is 2. The number of amides is 1. The summed E-state index contributed by atoms with van der Waals surface area (Å²) in [6.45, 7) is 2.49. The minimum Gasteiger partial charge on any atom is -0.392 e. The van der Waals surface area contributed by atoms with Gasteiger partial charge in [-0.3, -0.25) is 14.4 Å². The lowest BCUT2D eigenvalue weighted by Gasteiger charge is -2.31. The first kappa shape index (κ1) is 14.0. The average Bonchev–Trinajstić information content (AvgIpc) is 2.77. The average molecular weight is 281 g/mol. The van der Waals surface area contributed by atoms with E-state index in [1.807, 2.05) is 0 Å². The first-order valence-electron chi connectivity index (χ1n) is 6.36. The predicted molar refractivity (Wildman–Crippen MR) is 76.9 cm³/mol. The third kappa shape index (κ3) is 3.74. The maximum atomic E-state index is 12.0. The first-order valence-corrected chi connectivity index (χ1v) is 6.76. The lowest BCUT2D eigenvalue weighted by Crippen LogP contribution is -2.46. The molecule has 1 saturated heterocycles. The summed E-state index contributed by atoms with van der Waals surface area (Å²) in [6, 6.07) is 1.93. The topological polar surface area (TPSA) is 76.2 Å². The number of piperidine rings is 1. The van der Waals surface area contributed by atoms with E-state index in [9.17, 15) is 4.79 Å². The lowest BCUT2D eigenvalue weighted by atomic mass is 10.0. The summed E-state index contributed by atoms with van der Waals surface area (Å²) in [5, 5.41) is 7.04. The van der Waals surface area contributed by atoms with Gasteiger partial charge in [0.05, 0.1) is 4.99 Å². The Morgan fingerprint density at radius 3 is 2.79 bits per heavy atom. The van der Waals surface area contributed by atoms with Crippen LogP contribution in [0.1, 0.15) is 23.3 Å². The molecule has 0 atom stereocenters. The highest BCUT2D eigenvalue weighted by molar-refractivity contribution is 7.80. The third-order valence-corrected chi connectivity index (χ3v) is 3.48. The molecule has 1 aliphatic heterocycles. The zero-order valence-corrected chi connectivity index (χ0v) is 11.8. The second kappa shape index (κ2) is 6.12. The van der Waals surface area contributed by atoms with E-state index in [4.69, 9.17) is 18.0 Å². The molecule has 7 heteroatoms. The summed E-state index contributed by atoms with van der Waals surface area (Å²) in [7, 11) is 1.76. The summed E-state index contributed by atoms with van der Waals surface area (Å²) in [6.07, 6.45) is 3.47. The molecule has 0 spiro atoms. The molecule has 2 heterocycles. The van der Waals surface area contributed by atoms with Gasteiger partial charge >= 0.3 is 0 Å². The number of thiocarbonyl (C=S) groups is 1. The highest BCUT2D eigenvalue weighted by Crippen LogP contribution is 2.10. The van der Waals surface area contributed by atoms with E-state index < -0.39 is 0 Å². The van der Waals surface area contributed by atoms with Gasteiger partial charge in [-0.05, 0) is 18.9 Å². The molecule has 104 valence electrons. The van der Waals surface area contributed by atoms with Gasteiger partial charge < -0.3 is 11.1 Å². The minimum absolute atomic E-state index is 0.0622. The molecular formula is C12H19N5OS. The van der Waals surface area contributed by atoms with Crippen LogP contribution < -0.4 is 11.1 Å². The van der Waals surface area contributed by atoms with Crippen LogP contribution in [0.4, 0.5) is 0 Å². The SMILES string of the molecule is Cn1nccc1C(=O)NC1CCN(CC(N)=S)CC1. The number of rotatable bonds is 4. The number of hydrogen-bond acceptors (Lipinski definition) is 4. The van der Waals surface area contributed by atoms with E-state index in [-0.39, 0.29) is 11.9 Å². The van der Waals surface area contributed by atoms with Crippen LogP contribution >= 0.6 is 12.2 Å². The van der Waals surface area contributed by atoms with Gasteiger partial charge in [0.1, 0.15) is 5.69 Å². The van der Waals surface area contributed by atoms with E-state index in [1.54, 1.807) is 24.0 Å². The molecule has 0 unspecified atom stereocenters. The van der Waals surface area contributed by atoms with E-state index in [0.717, 1.165) is 25.9 Å². The molecule has 0 saturated carbocycles. The van der Waals surface area contributed by atoms with Crippen molar-refractivity contribution in [1.82, 2.24) is 20.0 Å². The van der Waals surface area contributed by atoms with E-state index in [1.165, 1.54) is 0 Å². The largest absolute Gasteiger partial charge is 0.392 e. The first-order chi connectivity index (χ1) is 9.06. The molecule has 6 nitrogen and oxygen atoms in total. The van der Waals surface area contributed by atoms with Gasteiger partial charge in [0.25, 0.3) is 5.91 Å². The summed E-state index contributed by atoms with van der Waals surface area (Å²) in [5.41, 5.74) is 6.12. The zero-order valence-electron chi connectivity index (χ0n) is 11.0. The molecule has 0 radical (unpaired) electrons. The van der Waals surface area contributed by atoms with Gasteiger partial charge in [0.15, 0.2) is 0 Å². The van der Waals surface area contributed by atoms with E-state index in [2.05, 4.69) is 15.3 Å². The van der Waals surface area contributed by atoms with Gasteiger partial charge in [0.2, 0.25) is 0 Å². The number of aryl methyl sites for hydroxylation is 1. The number of nitrogens with one attached hydrogen (secondary N) is 1. The number of carbonyl (C=O) groups excluding carboxylic acids is 1. The van der Waals surface area contributed by atoms with Crippen LogP contribution in [0.15, 0.2) is 12.3 Å². The highest BCUT2D eigenvalue weighted by Gasteiger charge is 2.22. The molecule has 0 aromatic carbocycles. The van der Waals surface area contributed by atoms with Crippen molar-refractivity contribution in [2.75, 3.05) is 19.6 Å². The molecule has 1 aliphatic rings. The number of carbonyl (C=O) groups is 1. The Balaban J connectivity index is 1.81. The lowest BCUT2D eigenvalue weighted by molar-refractivity contribution is 0.0905. The Kier molecular flexibility index (Phi) is 4.49. The second-order valence-electron chi connectivity index (χ2n) is 4.83. The molecule has 1 aromatic heterocycles. The molecule has 0 bridgehead atoms. The molecule has 1 aromatic rings. The van der Waals surface area contributed by atoms with Crippen LogP contribution in [0, 0.1) is 0 Å². The Labute approximate surface area is 117 Å². The number of hydrogen-bond donors (Lipinski definition) is 2. The number of likely N-dealkylation sites (tertiary alicyclic amines) is 1. The van der Waals surface area contributed by atoms with Crippen molar-refractivity contribution in [3.05, 3.63) is 18.0 Å². The van der Waals surface area contributed by atoms with Gasteiger partial charge in [-0.15, -0.1) is 0 Å². The van der Waals surface area contributed by atoms with Crippen LogP contribution in [0.5, 0.6) is 0 Å². The van der Waals surface area contributed by atoms with Crippen LogP contribution in [0.2, 0.25) is 0 Å². The molecule has 1 amide bonds. The van der Waals surface area contributed by atoms with Crippen LogP contribution in [-0.2, 0) is 7.05 Å². The molecule has 19 heavy (non-hydrogen) atoms. The van der Waals surface area contributed by atoms with Gasteiger partial charge in [-0.2, -0.15) is 5.10 Å². The molecule has 1 fully saturated rings. The zero-order chi connectivity index (χ0) is 13.8. The van der Waals surface area contributed by atoms with Gasteiger partial charge in [-0.1, -0.05) is 12.2 Å². The van der Waals surface area contributed by atoms with Crippen molar-refractivity contribution in [2.45, 2.75) is 18.9 Å². The standard InChI is InChI=1S/C12H19N5OS/c1-16-10(2-5-14-16)12(18)15-9-3-6-17(7-4-9)8-11(13)19/h2,5,9H,3-4,6-8H2,1H3,(H2,13,19)(H,15,18). The second-order valence-corrected chi connectivity index (χ2v) is 5.35. The summed E-state index contributed by atoms with van der Waals surface area (Å²) < 4.78 is 1.58. The normalized spacial score (nSPS) is 17.3. The number of nitrogens with two attached hydrogens (primary N) is 1. The fourth-order valence-corrected chi connectivity index (χ4v) is 2.49. The van der Waals surface area contributed by atoms with Crippen molar-refractivity contribution < 1.29 is 4.79 Å². The smallest absolute Gasteiger partial charge is 0.269 e. The van der Waals surface area contributed by atoms with Crippen LogP contribution in [-0.4, -0.2) is 51.3 Å². The van der Waals surface area contributed by atoms with Crippen LogP contribution in [0.25, 0.3) is 0 Å². The van der Waals surface area contributed by atoms with Crippen LogP contribution in [0.3, 0.4) is 0 Å². The fourth-order valence-electron chi connectivity index (χ4n) is 2.31. The predicted octanol–water partition coefficient (Wildman–Crippen LogP) is -0.0996. The Morgan fingerprint density at radius 2 is 2.26 bits per heavy atom. The maximum absolute atomic E-state index is 12.0. The quantitative estimate of drug-likeness (QED) is 0.754. The van der Waals surface area contributed by atoms with Gasteiger partial charge in [-0.25, -0.2) is 0 Å². The fraction of sp³-hybridized carbons (Fsp3) is 0.583. The summed E-state index contributed by atoms with van der Waals surface area (Å²) in [5.74, 6) is -0.0622. The van der Waals surface area contributed by atoms with E-state index >= 15 is 0 Å². The maximum Gasteiger partial charge on any atom is 0.269 e. The van der Waals surface area contributed by atoms with Crippen molar-refractivity contribution >= 4 is 23.1 Å². The monoisotopic (exact) mass is 281 g/mol. The third-order valence-electron chi connectivity index (χ3n) is 3.36. The molecule has 0 aliphatic carbocycles.